The quantitative estimate of drug-likeness (QED) is 0.725. The molecule has 9 heteroatoms. The van der Waals surface area contributed by atoms with Gasteiger partial charge in [0.05, 0.1) is 35.6 Å². The topological polar surface area (TPSA) is 70.9 Å². The second-order valence-corrected chi connectivity index (χ2v) is 9.88. The van der Waals surface area contributed by atoms with E-state index < -0.39 is 10.0 Å². The van der Waals surface area contributed by atoms with Crippen LogP contribution in [-0.4, -0.2) is 52.5 Å². The lowest BCUT2D eigenvalue weighted by Crippen LogP contribution is -3.10. The minimum atomic E-state index is -3.88. The van der Waals surface area contributed by atoms with E-state index in [0.717, 1.165) is 25.9 Å². The van der Waals surface area contributed by atoms with Crippen LogP contribution in [-0.2, 0) is 10.0 Å². The molecule has 2 aromatic rings. The zero-order valence-corrected chi connectivity index (χ0v) is 18.6. The van der Waals surface area contributed by atoms with Crippen LogP contribution in [0, 0.1) is 0 Å². The Balaban J connectivity index is 1.83. The van der Waals surface area contributed by atoms with E-state index >= 15 is 0 Å². The lowest BCUT2D eigenvalue weighted by molar-refractivity contribution is -0.885. The van der Waals surface area contributed by atoms with Gasteiger partial charge in [-0.2, -0.15) is 0 Å². The zero-order chi connectivity index (χ0) is 21.2. The van der Waals surface area contributed by atoms with Crippen molar-refractivity contribution in [2.45, 2.75) is 23.8 Å². The van der Waals surface area contributed by atoms with Crippen LogP contribution in [0.1, 0.15) is 23.2 Å². The Morgan fingerprint density at radius 2 is 1.72 bits per heavy atom. The number of quaternary nitrogens is 1. The van der Waals surface area contributed by atoms with Gasteiger partial charge in [0.15, 0.2) is 0 Å². The van der Waals surface area contributed by atoms with Crippen LogP contribution >= 0.6 is 23.2 Å². The fourth-order valence-electron chi connectivity index (χ4n) is 3.41. The third kappa shape index (κ3) is 5.22. The lowest BCUT2D eigenvalue weighted by Gasteiger charge is -2.33. The molecule has 0 saturated carbocycles. The SMILES string of the molecule is CN(C(=O)c1cc(S(=O)(=O)Nc2ccc(Cl)cc2)ccc1Cl)C1CC[NH+](C)CC1. The van der Waals surface area contributed by atoms with E-state index in [1.165, 1.54) is 23.1 Å². The maximum Gasteiger partial charge on any atom is 0.261 e. The normalized spacial score (nSPS) is 19.6. The fraction of sp³-hybridized carbons (Fsp3) is 0.350. The van der Waals surface area contributed by atoms with Crippen LogP contribution < -0.4 is 9.62 Å². The van der Waals surface area contributed by atoms with Gasteiger partial charge in [-0.3, -0.25) is 9.52 Å². The van der Waals surface area contributed by atoms with E-state index in [-0.39, 0.29) is 27.4 Å². The summed E-state index contributed by atoms with van der Waals surface area (Å²) < 4.78 is 28.0. The van der Waals surface area contributed by atoms with Crippen molar-refractivity contribution in [2.75, 3.05) is 31.9 Å². The molecule has 2 aromatic carbocycles. The molecule has 6 nitrogen and oxygen atoms in total. The number of carbonyl (C=O) groups excluding carboxylic acids is 1. The minimum absolute atomic E-state index is 0.0265. The molecule has 1 aliphatic rings. The number of piperidine rings is 1. The van der Waals surface area contributed by atoms with Gasteiger partial charge in [-0.25, -0.2) is 8.42 Å². The largest absolute Gasteiger partial charge is 0.338 e. The van der Waals surface area contributed by atoms with Crippen LogP contribution in [0.2, 0.25) is 10.0 Å². The van der Waals surface area contributed by atoms with Crippen molar-refractivity contribution in [3.63, 3.8) is 0 Å². The van der Waals surface area contributed by atoms with Crippen molar-refractivity contribution >= 4 is 44.8 Å². The van der Waals surface area contributed by atoms with Gasteiger partial charge in [0, 0.05) is 36.6 Å². The average Bonchev–Trinajstić information content (AvgIpc) is 2.69. The van der Waals surface area contributed by atoms with Gasteiger partial charge in [-0.05, 0) is 42.5 Å². The molecule has 1 saturated heterocycles. The second-order valence-electron chi connectivity index (χ2n) is 7.36. The van der Waals surface area contributed by atoms with Crippen LogP contribution in [0.3, 0.4) is 0 Å². The molecule has 29 heavy (non-hydrogen) atoms. The summed E-state index contributed by atoms with van der Waals surface area (Å²) in [4.78, 5) is 16.1. The summed E-state index contributed by atoms with van der Waals surface area (Å²) in [6, 6.07) is 10.6. The van der Waals surface area contributed by atoms with E-state index in [9.17, 15) is 13.2 Å². The van der Waals surface area contributed by atoms with Crippen LogP contribution in [0.4, 0.5) is 5.69 Å². The maximum atomic E-state index is 13.0. The first-order valence-corrected chi connectivity index (χ1v) is 11.6. The van der Waals surface area contributed by atoms with Gasteiger partial charge in [0.2, 0.25) is 0 Å². The molecule has 0 spiro atoms. The molecule has 1 heterocycles. The molecule has 0 aliphatic carbocycles. The number of rotatable bonds is 5. The molecule has 1 amide bonds. The van der Waals surface area contributed by atoms with Crippen molar-refractivity contribution in [3.8, 4) is 0 Å². The molecule has 1 aliphatic heterocycles. The first-order chi connectivity index (χ1) is 13.7. The number of amides is 1. The Morgan fingerprint density at radius 1 is 1.10 bits per heavy atom. The number of halogens is 2. The molecule has 0 bridgehead atoms. The lowest BCUT2D eigenvalue weighted by atomic mass is 10.0. The Hall–Kier alpha value is -1.80. The zero-order valence-electron chi connectivity index (χ0n) is 16.3. The third-order valence-corrected chi connectivity index (χ3v) is 7.21. The molecular formula is C20H24Cl2N3O3S+. The maximum absolute atomic E-state index is 13.0. The van der Waals surface area contributed by atoms with Gasteiger partial charge in [-0.1, -0.05) is 23.2 Å². The highest BCUT2D eigenvalue weighted by Gasteiger charge is 2.28. The number of benzene rings is 2. The number of nitrogens with one attached hydrogen (secondary N) is 2. The Labute approximate surface area is 181 Å². The molecule has 1 fully saturated rings. The smallest absolute Gasteiger partial charge is 0.261 e. The van der Waals surface area contributed by atoms with Crippen molar-refractivity contribution in [2.24, 2.45) is 0 Å². The van der Waals surface area contributed by atoms with Crippen LogP contribution in [0.5, 0.6) is 0 Å². The van der Waals surface area contributed by atoms with Gasteiger partial charge >= 0.3 is 0 Å². The van der Waals surface area contributed by atoms with Gasteiger partial charge in [0.1, 0.15) is 0 Å². The van der Waals surface area contributed by atoms with Gasteiger partial charge in [-0.15, -0.1) is 0 Å². The van der Waals surface area contributed by atoms with Crippen LogP contribution in [0.25, 0.3) is 0 Å². The van der Waals surface area contributed by atoms with Crippen molar-refractivity contribution < 1.29 is 18.1 Å². The molecule has 156 valence electrons. The van der Waals surface area contributed by atoms with E-state index in [0.29, 0.717) is 10.7 Å². The number of carbonyl (C=O) groups is 1. The number of hydrogen-bond acceptors (Lipinski definition) is 3. The highest BCUT2D eigenvalue weighted by atomic mass is 35.5. The van der Waals surface area contributed by atoms with E-state index in [4.69, 9.17) is 23.2 Å². The fourth-order valence-corrected chi connectivity index (χ4v) is 4.81. The first-order valence-electron chi connectivity index (χ1n) is 9.34. The highest BCUT2D eigenvalue weighted by Crippen LogP contribution is 2.25. The Morgan fingerprint density at radius 3 is 2.34 bits per heavy atom. The van der Waals surface area contributed by atoms with Crippen molar-refractivity contribution in [1.82, 2.24) is 4.90 Å². The summed E-state index contributed by atoms with van der Waals surface area (Å²) in [6.07, 6.45) is 1.81. The summed E-state index contributed by atoms with van der Waals surface area (Å²) in [5, 5.41) is 0.733. The molecule has 3 rings (SSSR count). The number of likely N-dealkylation sites (tertiary alicyclic amines) is 1. The molecule has 0 aromatic heterocycles. The summed E-state index contributed by atoms with van der Waals surface area (Å²) in [5.41, 5.74) is 0.558. The van der Waals surface area contributed by atoms with Crippen molar-refractivity contribution in [1.29, 1.82) is 0 Å². The Bertz CT molecular complexity index is 989. The molecule has 0 unspecified atom stereocenters. The predicted molar refractivity (Wildman–Crippen MR) is 115 cm³/mol. The number of hydrogen-bond donors (Lipinski definition) is 2. The van der Waals surface area contributed by atoms with Crippen molar-refractivity contribution in [3.05, 3.63) is 58.1 Å². The second kappa shape index (κ2) is 8.92. The monoisotopic (exact) mass is 456 g/mol. The highest BCUT2D eigenvalue weighted by molar-refractivity contribution is 7.92. The summed E-state index contributed by atoms with van der Waals surface area (Å²) in [6.45, 7) is 1.99. The van der Waals surface area contributed by atoms with E-state index in [1.54, 1.807) is 36.2 Å². The number of sulfonamides is 1. The molecule has 2 N–H and O–H groups in total. The standard InChI is InChI=1S/C20H23Cl2N3O3S/c1-24-11-9-16(10-12-24)25(2)20(26)18-13-17(7-8-19(18)22)29(27,28)23-15-5-3-14(21)4-6-15/h3-8,13,16,23H,9-12H2,1-2H3/p+1. The predicted octanol–water partition coefficient (Wildman–Crippen LogP) is 2.54. The van der Waals surface area contributed by atoms with Crippen LogP contribution in [0.15, 0.2) is 47.4 Å². The average molecular weight is 457 g/mol. The number of nitrogens with zero attached hydrogens (tertiary/aromatic N) is 1. The van der Waals surface area contributed by atoms with Gasteiger partial charge < -0.3 is 9.80 Å². The summed E-state index contributed by atoms with van der Waals surface area (Å²) >= 11 is 12.1. The minimum Gasteiger partial charge on any atom is -0.338 e. The summed E-state index contributed by atoms with van der Waals surface area (Å²) in [5.74, 6) is -0.275. The first kappa shape index (κ1) is 21.9. The van der Waals surface area contributed by atoms with E-state index in [1.807, 2.05) is 0 Å². The Kier molecular flexibility index (Phi) is 6.73. The summed E-state index contributed by atoms with van der Waals surface area (Å²) in [7, 11) is 0.000373. The number of anilines is 1. The van der Waals surface area contributed by atoms with E-state index in [2.05, 4.69) is 11.8 Å². The van der Waals surface area contributed by atoms with Gasteiger partial charge in [0.25, 0.3) is 15.9 Å². The molecule has 0 radical (unpaired) electrons. The molecule has 0 atom stereocenters. The third-order valence-electron chi connectivity index (χ3n) is 5.25. The molecular weight excluding hydrogens is 433 g/mol.